The van der Waals surface area contributed by atoms with Gasteiger partial charge in [0.2, 0.25) is 0 Å². The minimum absolute atomic E-state index is 0.687. The summed E-state index contributed by atoms with van der Waals surface area (Å²) in [5.74, 6) is 0.938. The number of aryl methyl sites for hydroxylation is 1. The summed E-state index contributed by atoms with van der Waals surface area (Å²) in [4.78, 5) is 0. The highest BCUT2D eigenvalue weighted by Gasteiger charge is 2.27. The molecule has 1 N–H and O–H groups in total. The van der Waals surface area contributed by atoms with Crippen LogP contribution in [0.5, 0.6) is 0 Å². The molecule has 2 heteroatoms. The largest absolute Gasteiger partial charge is 0.346 e. The lowest BCUT2D eigenvalue weighted by Crippen LogP contribution is -2.30. The minimum Gasteiger partial charge on any atom is -0.346 e. The van der Waals surface area contributed by atoms with Crippen molar-refractivity contribution < 1.29 is 0 Å². The van der Waals surface area contributed by atoms with Gasteiger partial charge < -0.3 is 9.88 Å². The molecule has 102 valence electrons. The SMILES string of the molecule is CCc1cccc2ccn(CCNC(C)C3CC3)c12. The quantitative estimate of drug-likeness (QED) is 0.835. The third kappa shape index (κ3) is 2.69. The summed E-state index contributed by atoms with van der Waals surface area (Å²) >= 11 is 0. The number of nitrogens with one attached hydrogen (secondary N) is 1. The van der Waals surface area contributed by atoms with E-state index in [1.807, 2.05) is 0 Å². The Morgan fingerprint density at radius 3 is 2.89 bits per heavy atom. The second-order valence-corrected chi connectivity index (χ2v) is 5.80. The Bertz CT molecular complexity index is 551. The van der Waals surface area contributed by atoms with E-state index in [0.717, 1.165) is 25.4 Å². The highest BCUT2D eigenvalue weighted by atomic mass is 15.0. The Morgan fingerprint density at radius 2 is 2.16 bits per heavy atom. The van der Waals surface area contributed by atoms with Crippen LogP contribution < -0.4 is 5.32 Å². The molecule has 0 radical (unpaired) electrons. The smallest absolute Gasteiger partial charge is 0.0513 e. The lowest BCUT2D eigenvalue weighted by molar-refractivity contribution is 0.478. The van der Waals surface area contributed by atoms with Crippen LogP contribution in [0.1, 0.15) is 32.3 Å². The van der Waals surface area contributed by atoms with Crippen molar-refractivity contribution >= 4 is 10.9 Å². The third-order valence-corrected chi connectivity index (χ3v) is 4.40. The molecule has 0 bridgehead atoms. The number of nitrogens with zero attached hydrogens (tertiary/aromatic N) is 1. The van der Waals surface area contributed by atoms with Gasteiger partial charge in [0.25, 0.3) is 0 Å². The van der Waals surface area contributed by atoms with E-state index in [1.54, 1.807) is 0 Å². The average molecular weight is 256 g/mol. The standard InChI is InChI=1S/C17H24N2/c1-3-14-5-4-6-16-9-11-19(17(14)16)12-10-18-13(2)15-7-8-15/h4-6,9,11,13,15,18H,3,7-8,10,12H2,1-2H3. The van der Waals surface area contributed by atoms with Crippen LogP contribution >= 0.6 is 0 Å². The number of hydrogen-bond acceptors (Lipinski definition) is 1. The van der Waals surface area contributed by atoms with Crippen molar-refractivity contribution in [2.24, 2.45) is 5.92 Å². The number of para-hydroxylation sites is 1. The van der Waals surface area contributed by atoms with Crippen molar-refractivity contribution in [3.05, 3.63) is 36.0 Å². The highest BCUT2D eigenvalue weighted by molar-refractivity contribution is 5.83. The van der Waals surface area contributed by atoms with Crippen LogP contribution in [0.4, 0.5) is 0 Å². The minimum atomic E-state index is 0.687. The molecule has 2 nitrogen and oxygen atoms in total. The van der Waals surface area contributed by atoms with Crippen LogP contribution in [-0.2, 0) is 13.0 Å². The molecule has 1 unspecified atom stereocenters. The highest BCUT2D eigenvalue weighted by Crippen LogP contribution is 2.32. The van der Waals surface area contributed by atoms with E-state index in [-0.39, 0.29) is 0 Å². The Labute approximate surface area is 115 Å². The van der Waals surface area contributed by atoms with Gasteiger partial charge in [-0.2, -0.15) is 0 Å². The van der Waals surface area contributed by atoms with E-state index in [2.05, 4.69) is 54.2 Å². The maximum Gasteiger partial charge on any atom is 0.0513 e. The van der Waals surface area contributed by atoms with Crippen molar-refractivity contribution in [2.75, 3.05) is 6.54 Å². The summed E-state index contributed by atoms with van der Waals surface area (Å²) < 4.78 is 2.40. The number of benzene rings is 1. The topological polar surface area (TPSA) is 17.0 Å². The number of rotatable bonds is 6. The molecule has 1 fully saturated rings. The molecule has 0 spiro atoms. The molecule has 0 saturated heterocycles. The normalized spacial score (nSPS) is 16.9. The van der Waals surface area contributed by atoms with Crippen LogP contribution in [0.15, 0.2) is 30.5 Å². The molecule has 3 rings (SSSR count). The summed E-state index contributed by atoms with van der Waals surface area (Å²) in [7, 11) is 0. The molecular formula is C17H24N2. The second kappa shape index (κ2) is 5.38. The second-order valence-electron chi connectivity index (χ2n) is 5.80. The first kappa shape index (κ1) is 12.7. The van der Waals surface area contributed by atoms with Crippen molar-refractivity contribution in [2.45, 2.75) is 45.7 Å². The van der Waals surface area contributed by atoms with Gasteiger partial charge in [-0.05, 0) is 49.1 Å². The van der Waals surface area contributed by atoms with Gasteiger partial charge in [-0.1, -0.05) is 25.1 Å². The van der Waals surface area contributed by atoms with E-state index in [4.69, 9.17) is 0 Å². The Kier molecular flexibility index (Phi) is 3.61. The average Bonchev–Trinajstić information content (AvgIpc) is 3.20. The predicted molar refractivity (Wildman–Crippen MR) is 81.5 cm³/mol. The van der Waals surface area contributed by atoms with Crippen LogP contribution in [0.3, 0.4) is 0 Å². The van der Waals surface area contributed by atoms with Crippen LogP contribution in [0, 0.1) is 5.92 Å². The van der Waals surface area contributed by atoms with Crippen LogP contribution in [0.25, 0.3) is 10.9 Å². The molecule has 0 aliphatic heterocycles. The van der Waals surface area contributed by atoms with Crippen molar-refractivity contribution in [1.82, 2.24) is 9.88 Å². The van der Waals surface area contributed by atoms with Gasteiger partial charge in [0.05, 0.1) is 5.52 Å². The summed E-state index contributed by atoms with van der Waals surface area (Å²) in [5, 5.41) is 5.03. The first-order valence-corrected chi connectivity index (χ1v) is 7.59. The molecule has 1 saturated carbocycles. The molecular weight excluding hydrogens is 232 g/mol. The molecule has 1 atom stereocenters. The molecule has 1 aliphatic rings. The summed E-state index contributed by atoms with van der Waals surface area (Å²) in [5.41, 5.74) is 2.88. The maximum atomic E-state index is 3.66. The van der Waals surface area contributed by atoms with Gasteiger partial charge >= 0.3 is 0 Å². The van der Waals surface area contributed by atoms with Gasteiger partial charge in [-0.3, -0.25) is 0 Å². The summed E-state index contributed by atoms with van der Waals surface area (Å²) in [6.07, 6.45) is 6.17. The molecule has 1 heterocycles. The fourth-order valence-corrected chi connectivity index (χ4v) is 2.99. The van der Waals surface area contributed by atoms with Gasteiger partial charge in [0.15, 0.2) is 0 Å². The maximum absolute atomic E-state index is 3.66. The van der Waals surface area contributed by atoms with Crippen LogP contribution in [-0.4, -0.2) is 17.2 Å². The monoisotopic (exact) mass is 256 g/mol. The van der Waals surface area contributed by atoms with E-state index in [0.29, 0.717) is 6.04 Å². The third-order valence-electron chi connectivity index (χ3n) is 4.40. The number of hydrogen-bond donors (Lipinski definition) is 1. The Morgan fingerprint density at radius 1 is 1.32 bits per heavy atom. The first-order chi connectivity index (χ1) is 9.29. The van der Waals surface area contributed by atoms with E-state index in [1.165, 1.54) is 29.3 Å². The fraction of sp³-hybridized carbons (Fsp3) is 0.529. The number of aromatic nitrogens is 1. The van der Waals surface area contributed by atoms with Gasteiger partial charge in [-0.15, -0.1) is 0 Å². The molecule has 1 aliphatic carbocycles. The van der Waals surface area contributed by atoms with E-state index in [9.17, 15) is 0 Å². The number of fused-ring (bicyclic) bond motifs is 1. The fourth-order valence-electron chi connectivity index (χ4n) is 2.99. The summed E-state index contributed by atoms with van der Waals surface area (Å²) in [6.45, 7) is 6.69. The Balaban J connectivity index is 1.70. The molecule has 19 heavy (non-hydrogen) atoms. The molecule has 2 aromatic rings. The molecule has 0 amide bonds. The van der Waals surface area contributed by atoms with E-state index < -0.39 is 0 Å². The van der Waals surface area contributed by atoms with Gasteiger partial charge in [-0.25, -0.2) is 0 Å². The van der Waals surface area contributed by atoms with Gasteiger partial charge in [0.1, 0.15) is 0 Å². The van der Waals surface area contributed by atoms with E-state index >= 15 is 0 Å². The van der Waals surface area contributed by atoms with Crippen molar-refractivity contribution in [3.8, 4) is 0 Å². The zero-order chi connectivity index (χ0) is 13.2. The van der Waals surface area contributed by atoms with Crippen molar-refractivity contribution in [3.63, 3.8) is 0 Å². The lowest BCUT2D eigenvalue weighted by atomic mass is 10.1. The van der Waals surface area contributed by atoms with Crippen molar-refractivity contribution in [1.29, 1.82) is 0 Å². The summed E-state index contributed by atoms with van der Waals surface area (Å²) in [6, 6.07) is 9.55. The predicted octanol–water partition coefficient (Wildman–Crippen LogP) is 3.59. The van der Waals surface area contributed by atoms with Crippen LogP contribution in [0.2, 0.25) is 0 Å². The first-order valence-electron chi connectivity index (χ1n) is 7.59. The zero-order valence-corrected chi connectivity index (χ0v) is 12.0. The zero-order valence-electron chi connectivity index (χ0n) is 12.0. The van der Waals surface area contributed by atoms with Gasteiger partial charge in [0, 0.05) is 25.3 Å². The molecule has 1 aromatic carbocycles. The lowest BCUT2D eigenvalue weighted by Gasteiger charge is -2.14. The molecule has 1 aromatic heterocycles. The Hall–Kier alpha value is -1.28.